The maximum atomic E-state index is 9.10. The van der Waals surface area contributed by atoms with Crippen molar-refractivity contribution in [2.45, 2.75) is 117 Å². The first-order valence-corrected chi connectivity index (χ1v) is 33.5. The Hall–Kier alpha value is -8.48. The fourth-order valence-electron chi connectivity index (χ4n) is 10.7. The predicted molar refractivity (Wildman–Crippen MR) is 413 cm³/mol. The van der Waals surface area contributed by atoms with Gasteiger partial charge in [0, 0.05) is 47.0 Å². The van der Waals surface area contributed by atoms with Crippen LogP contribution >= 0.6 is 15.9 Å². The number of halogens is 1. The van der Waals surface area contributed by atoms with Crippen molar-refractivity contribution in [3.63, 3.8) is 0 Å². The van der Waals surface area contributed by atoms with E-state index in [-0.39, 0.29) is 30.8 Å². The molecule has 11 aromatic rings. The van der Waals surface area contributed by atoms with Gasteiger partial charge >= 0.3 is 14.0 Å². The summed E-state index contributed by atoms with van der Waals surface area (Å²) in [4.78, 5) is 4.59. The number of aliphatic hydroxyl groups is 2. The Morgan fingerprint density at radius 1 is 0.299 bits per heavy atom. The highest BCUT2D eigenvalue weighted by Gasteiger charge is 2.63. The molecule has 97 heavy (non-hydrogen) atoms. The van der Waals surface area contributed by atoms with Gasteiger partial charge in [-0.2, -0.15) is 0 Å². The first kappa shape index (κ1) is 72.8. The van der Waals surface area contributed by atoms with Crippen LogP contribution in [0.1, 0.15) is 83.1 Å². The van der Waals surface area contributed by atoms with E-state index in [0.717, 1.165) is 55.2 Å². The molecule has 0 atom stereocenters. The van der Waals surface area contributed by atoms with Crippen LogP contribution in [0.25, 0.3) is 55.6 Å². The zero-order chi connectivity index (χ0) is 68.5. The maximum absolute atomic E-state index is 9.10. The molecule has 0 saturated carbocycles. The van der Waals surface area contributed by atoms with Gasteiger partial charge in [0.2, 0.25) is 0 Å². The second kappa shape index (κ2) is 30.9. The lowest BCUT2D eigenvalue weighted by Crippen LogP contribution is -2.44. The second-order valence-corrected chi connectivity index (χ2v) is 28.3. The zero-order valence-corrected chi connectivity index (χ0v) is 59.4. The summed E-state index contributed by atoms with van der Waals surface area (Å²) in [6, 6.07) is 102. The average Bonchev–Trinajstić information content (AvgIpc) is 1.61. The Morgan fingerprint density at radius 2 is 0.495 bits per heavy atom. The van der Waals surface area contributed by atoms with Crippen molar-refractivity contribution >= 4 is 85.8 Å². The Labute approximate surface area is 588 Å². The van der Waals surface area contributed by atoms with Gasteiger partial charge in [0.1, 0.15) is 7.85 Å². The van der Waals surface area contributed by atoms with Gasteiger partial charge < -0.3 is 38.6 Å². The van der Waals surface area contributed by atoms with E-state index in [1.807, 2.05) is 97.9 Å². The van der Waals surface area contributed by atoms with E-state index in [4.69, 9.17) is 36.7 Å². The van der Waals surface area contributed by atoms with Crippen LogP contribution < -0.4 is 15.3 Å². The average molecular weight is 1340 g/mol. The van der Waals surface area contributed by atoms with Crippen molar-refractivity contribution in [2.24, 2.45) is 0 Å². The molecule has 13 heteroatoms. The SMILES string of the molecule is Brc1ccc(N(c2ccc(-c3ccccc3)cc2)c2ccc(-c3ccccc3)cc2)cc1.CC(C)(O)C(C)(C)O.CC1(C)OB(B2OC(C)(C)C(C)(C)O2)OC1(C)C.[B].[B]c1cccc(-c2ccc(N(c3ccc(-c4ccccc4)cc3)c3ccc(-c4ccccc4)cc3)cc2)c1. The molecule has 0 aromatic heterocycles. The van der Waals surface area contributed by atoms with E-state index < -0.39 is 25.2 Å². The number of hydrogen-bond donors (Lipinski definition) is 2. The summed E-state index contributed by atoms with van der Waals surface area (Å²) < 4.78 is 24.9. The molecular formula is C84H86B4BrN2O6. The van der Waals surface area contributed by atoms with Gasteiger partial charge in [-0.05, 0) is 224 Å². The number of hydrogen-bond acceptors (Lipinski definition) is 8. The molecule has 0 unspecified atom stereocenters. The minimum absolute atomic E-state index is 0. The molecule has 13 rings (SSSR count). The van der Waals surface area contributed by atoms with Crippen molar-refractivity contribution < 1.29 is 28.8 Å². The minimum atomic E-state index is -1.01. The van der Waals surface area contributed by atoms with Crippen LogP contribution in [0.5, 0.6) is 0 Å². The Balaban J connectivity index is 0.000000168. The molecule has 0 bridgehead atoms. The largest absolute Gasteiger partial charge is 0.488 e. The first-order valence-electron chi connectivity index (χ1n) is 32.8. The number of benzene rings is 11. The van der Waals surface area contributed by atoms with E-state index >= 15 is 0 Å². The van der Waals surface area contributed by atoms with Crippen molar-refractivity contribution in [1.29, 1.82) is 0 Å². The third-order valence-electron chi connectivity index (χ3n) is 18.6. The smallest absolute Gasteiger partial charge is 0.405 e. The molecule has 0 amide bonds. The summed E-state index contributed by atoms with van der Waals surface area (Å²) >= 11 is 3.56. The zero-order valence-electron chi connectivity index (χ0n) is 57.8. The van der Waals surface area contributed by atoms with Crippen molar-refractivity contribution in [2.75, 3.05) is 9.80 Å². The van der Waals surface area contributed by atoms with Crippen LogP contribution in [-0.4, -0.2) is 74.1 Å². The topological polar surface area (TPSA) is 83.9 Å². The summed E-state index contributed by atoms with van der Waals surface area (Å²) in [6.07, 6.45) is 0. The van der Waals surface area contributed by atoms with Gasteiger partial charge in [-0.25, -0.2) is 0 Å². The van der Waals surface area contributed by atoms with Gasteiger partial charge in [-0.15, -0.1) is 0 Å². The molecule has 11 aromatic carbocycles. The van der Waals surface area contributed by atoms with E-state index in [0.29, 0.717) is 0 Å². The third-order valence-corrected chi connectivity index (χ3v) is 19.2. The van der Waals surface area contributed by atoms with Crippen LogP contribution in [0.4, 0.5) is 34.1 Å². The van der Waals surface area contributed by atoms with Gasteiger partial charge in [0.05, 0.1) is 33.6 Å². The lowest BCUT2D eigenvalue weighted by atomic mass is 9.49. The molecule has 0 spiro atoms. The lowest BCUT2D eigenvalue weighted by molar-refractivity contribution is -0.107. The molecule has 2 fully saturated rings. The summed E-state index contributed by atoms with van der Waals surface area (Å²) in [5.74, 6) is 0. The molecule has 487 valence electrons. The lowest BCUT2D eigenvalue weighted by Gasteiger charge is -2.32. The maximum Gasteiger partial charge on any atom is 0.488 e. The molecule has 2 aliphatic heterocycles. The monoisotopic (exact) mass is 1340 g/mol. The predicted octanol–water partition coefficient (Wildman–Crippen LogP) is 20.6. The number of anilines is 6. The van der Waals surface area contributed by atoms with Crippen LogP contribution in [-0.2, 0) is 18.6 Å². The Bertz CT molecular complexity index is 4010. The molecule has 2 aliphatic rings. The van der Waals surface area contributed by atoms with Gasteiger partial charge in [0.25, 0.3) is 0 Å². The van der Waals surface area contributed by atoms with Crippen LogP contribution in [0.2, 0.25) is 0 Å². The summed E-state index contributed by atoms with van der Waals surface area (Å²) in [5.41, 5.74) is 15.9. The highest BCUT2D eigenvalue weighted by atomic mass is 79.9. The normalized spacial score (nSPS) is 14.8. The quantitative estimate of drug-likeness (QED) is 0.111. The number of rotatable bonds is 13. The molecule has 2 heterocycles. The fraction of sp³-hybridized carbons (Fsp3) is 0.214. The molecular weight excluding hydrogens is 1260 g/mol. The molecule has 5 radical (unpaired) electrons. The molecule has 0 aliphatic carbocycles. The van der Waals surface area contributed by atoms with Crippen LogP contribution in [0.15, 0.2) is 296 Å². The number of nitrogens with zero attached hydrogens (tertiary/aromatic N) is 2. The second-order valence-electron chi connectivity index (χ2n) is 27.3. The van der Waals surface area contributed by atoms with Crippen LogP contribution in [0.3, 0.4) is 0 Å². The highest BCUT2D eigenvalue weighted by molar-refractivity contribution is 9.10. The van der Waals surface area contributed by atoms with Crippen molar-refractivity contribution in [1.82, 2.24) is 0 Å². The molecule has 2 saturated heterocycles. The summed E-state index contributed by atoms with van der Waals surface area (Å²) in [7, 11) is 5.07. The molecule has 8 nitrogen and oxygen atoms in total. The standard InChI is InChI=1S/C36H26BN.C30H22BrN.C12H24B2O4.C6H14O2.B/c37-33-13-7-12-32(26-33)31-18-24-36(25-19-31)38(34-20-14-29(15-21-34)27-8-3-1-4-9-27)35-22-16-30(17-23-35)28-10-5-2-6-11-28;31-27-15-21-30(22-16-27)32(28-17-11-25(12-18-28)23-7-3-1-4-8-23)29-19-13-26(14-20-29)24-9-5-2-6-10-24;1-9(2)10(3,4)16-13(15-9)14-17-11(5,6)12(7,8)18-14;1-5(2,7)6(3,4)8;/h1-26H;1-22H;1-8H3;7-8H,1-4H3;. The van der Waals surface area contributed by atoms with Gasteiger partial charge in [0.15, 0.2) is 0 Å². The first-order chi connectivity index (χ1) is 45.6. The van der Waals surface area contributed by atoms with Crippen LogP contribution in [0, 0.1) is 0 Å². The summed E-state index contributed by atoms with van der Waals surface area (Å²) in [5, 5.41) is 18.2. The van der Waals surface area contributed by atoms with Gasteiger partial charge in [-0.3, -0.25) is 0 Å². The van der Waals surface area contributed by atoms with E-state index in [1.165, 1.54) is 44.5 Å². The van der Waals surface area contributed by atoms with Crippen molar-refractivity contribution in [3.8, 4) is 55.6 Å². The highest BCUT2D eigenvalue weighted by Crippen LogP contribution is 2.44. The minimum Gasteiger partial charge on any atom is -0.405 e. The third kappa shape index (κ3) is 18.0. The van der Waals surface area contributed by atoms with Gasteiger partial charge in [-0.1, -0.05) is 228 Å². The Kier molecular flexibility index (Phi) is 23.2. The van der Waals surface area contributed by atoms with E-state index in [1.54, 1.807) is 27.7 Å². The fourth-order valence-corrected chi connectivity index (χ4v) is 11.0. The van der Waals surface area contributed by atoms with E-state index in [2.05, 4.69) is 274 Å². The summed E-state index contributed by atoms with van der Waals surface area (Å²) in [6.45, 7) is 22.5. The Morgan fingerprint density at radius 3 is 0.711 bits per heavy atom. The van der Waals surface area contributed by atoms with Crippen molar-refractivity contribution in [3.05, 3.63) is 296 Å². The van der Waals surface area contributed by atoms with E-state index in [9.17, 15) is 0 Å². The molecule has 2 N–H and O–H groups in total.